The van der Waals surface area contributed by atoms with Crippen LogP contribution in [0, 0.1) is 0 Å². The molecule has 1 aromatic heterocycles. The second kappa shape index (κ2) is 13.5. The van der Waals surface area contributed by atoms with Crippen LogP contribution in [0.15, 0.2) is 60.7 Å². The second-order valence-electron chi connectivity index (χ2n) is 9.03. The predicted molar refractivity (Wildman–Crippen MR) is 153 cm³/mol. The Morgan fingerprint density at radius 2 is 1.59 bits per heavy atom. The van der Waals surface area contributed by atoms with Gasteiger partial charge in [-0.15, -0.1) is 0 Å². The number of methoxy groups -OCH3 is 2. The maximum atomic E-state index is 13.3. The van der Waals surface area contributed by atoms with Gasteiger partial charge < -0.3 is 23.8 Å². The lowest BCUT2D eigenvalue weighted by atomic mass is 10.0. The monoisotopic (exact) mass is 569 g/mol. The molecule has 1 fully saturated rings. The van der Waals surface area contributed by atoms with E-state index in [1.165, 1.54) is 6.07 Å². The first kappa shape index (κ1) is 29.9. The first-order chi connectivity index (χ1) is 19.9. The van der Waals surface area contributed by atoms with Crippen molar-refractivity contribution in [3.63, 3.8) is 0 Å². The average molecular weight is 570 g/mol. The molecule has 0 unspecified atom stereocenters. The van der Waals surface area contributed by atoms with E-state index >= 15 is 0 Å². The third-order valence-electron chi connectivity index (χ3n) is 6.56. The zero-order valence-corrected chi connectivity index (χ0v) is 23.6. The van der Waals surface area contributed by atoms with E-state index in [-0.39, 0.29) is 6.01 Å². The molecule has 0 N–H and O–H groups in total. The van der Waals surface area contributed by atoms with Crippen molar-refractivity contribution in [3.8, 4) is 28.6 Å². The van der Waals surface area contributed by atoms with Crippen molar-refractivity contribution < 1.29 is 32.1 Å². The molecule has 0 spiro atoms. The summed E-state index contributed by atoms with van der Waals surface area (Å²) >= 11 is 0. The Kier molecular flexibility index (Phi) is 9.88. The van der Waals surface area contributed by atoms with Crippen LogP contribution in [0.3, 0.4) is 0 Å². The van der Waals surface area contributed by atoms with Crippen molar-refractivity contribution in [1.82, 2.24) is 9.97 Å². The summed E-state index contributed by atoms with van der Waals surface area (Å²) in [5.41, 5.74) is 2.07. The molecule has 10 heteroatoms. The second-order valence-corrected chi connectivity index (χ2v) is 9.03. The van der Waals surface area contributed by atoms with E-state index in [4.69, 9.17) is 23.9 Å². The van der Waals surface area contributed by atoms with E-state index in [1.807, 2.05) is 38.1 Å². The van der Waals surface area contributed by atoms with Gasteiger partial charge in [-0.2, -0.15) is 23.1 Å². The summed E-state index contributed by atoms with van der Waals surface area (Å²) in [7, 11) is 3.18. The standard InChI is InChI=1S/C29H28F3N3O4.C2H6/c1-36-25-9-6-19(16-26(25)37-2)10-13-39-28-33-24-8-7-21(20-4-3-5-22(17-20)29(30,31)32)18-23(24)27(34-28)35-11-14-38-15-12-35;1-2/h3-9,16-18H,10-15H2,1-2H3;1-2H3. The molecular formula is C31H34F3N3O4. The zero-order valence-electron chi connectivity index (χ0n) is 23.6. The van der Waals surface area contributed by atoms with Crippen molar-refractivity contribution >= 4 is 16.7 Å². The van der Waals surface area contributed by atoms with Crippen LogP contribution >= 0.6 is 0 Å². The number of rotatable bonds is 8. The Balaban J connectivity index is 0.00000189. The molecule has 0 atom stereocenters. The van der Waals surface area contributed by atoms with Crippen molar-refractivity contribution in [3.05, 3.63) is 71.8 Å². The van der Waals surface area contributed by atoms with Gasteiger partial charge in [-0.25, -0.2) is 0 Å². The van der Waals surface area contributed by atoms with Gasteiger partial charge in [-0.3, -0.25) is 0 Å². The summed E-state index contributed by atoms with van der Waals surface area (Å²) in [6, 6.07) is 16.6. The number of hydrogen-bond acceptors (Lipinski definition) is 7. The zero-order chi connectivity index (χ0) is 29.4. The number of anilines is 1. The van der Waals surface area contributed by atoms with Crippen LogP contribution in [0.1, 0.15) is 25.0 Å². The summed E-state index contributed by atoms with van der Waals surface area (Å²) in [6.45, 7) is 6.70. The highest BCUT2D eigenvalue weighted by molar-refractivity contribution is 5.93. The molecule has 4 aromatic rings. The van der Waals surface area contributed by atoms with E-state index in [1.54, 1.807) is 32.4 Å². The molecule has 3 aromatic carbocycles. The number of halogens is 3. The lowest BCUT2D eigenvalue weighted by Gasteiger charge is -2.29. The fourth-order valence-electron chi connectivity index (χ4n) is 4.52. The molecule has 0 radical (unpaired) electrons. The van der Waals surface area contributed by atoms with Gasteiger partial charge in [0.15, 0.2) is 11.5 Å². The molecule has 0 saturated carbocycles. The van der Waals surface area contributed by atoms with Gasteiger partial charge in [0.05, 0.1) is 45.1 Å². The number of ether oxygens (including phenoxy) is 4. The molecule has 1 saturated heterocycles. The Labute approximate surface area is 237 Å². The number of aromatic nitrogens is 2. The number of alkyl halides is 3. The number of fused-ring (bicyclic) bond motifs is 1. The first-order valence-electron chi connectivity index (χ1n) is 13.5. The number of hydrogen-bond donors (Lipinski definition) is 0. The van der Waals surface area contributed by atoms with E-state index < -0.39 is 11.7 Å². The van der Waals surface area contributed by atoms with Crippen molar-refractivity contribution in [2.75, 3.05) is 52.0 Å². The van der Waals surface area contributed by atoms with Crippen LogP contribution in [0.5, 0.6) is 17.5 Å². The maximum Gasteiger partial charge on any atom is 0.416 e. The topological polar surface area (TPSA) is 65.9 Å². The normalized spacial score (nSPS) is 13.4. The summed E-state index contributed by atoms with van der Waals surface area (Å²) in [4.78, 5) is 11.4. The fourth-order valence-corrected chi connectivity index (χ4v) is 4.52. The molecule has 218 valence electrons. The van der Waals surface area contributed by atoms with Gasteiger partial charge in [0.25, 0.3) is 0 Å². The summed E-state index contributed by atoms with van der Waals surface area (Å²) in [5, 5.41) is 0.735. The van der Waals surface area contributed by atoms with Crippen LogP contribution in [0.25, 0.3) is 22.0 Å². The smallest absolute Gasteiger partial charge is 0.416 e. The van der Waals surface area contributed by atoms with Crippen LogP contribution in [-0.4, -0.2) is 57.1 Å². The Bertz CT molecular complexity index is 1460. The molecule has 1 aliphatic heterocycles. The van der Waals surface area contributed by atoms with Crippen molar-refractivity contribution in [1.29, 1.82) is 0 Å². The SMILES string of the molecule is CC.COc1ccc(CCOc2nc(N3CCOCC3)c3cc(-c4cccc(C(F)(F)F)c4)ccc3n2)cc1OC. The Hall–Kier alpha value is -4.05. The number of benzene rings is 3. The molecule has 7 nitrogen and oxygen atoms in total. The van der Waals surface area contributed by atoms with Crippen molar-refractivity contribution in [2.45, 2.75) is 26.4 Å². The Morgan fingerprint density at radius 3 is 2.29 bits per heavy atom. The van der Waals surface area contributed by atoms with Gasteiger partial charge in [-0.1, -0.05) is 38.1 Å². The average Bonchev–Trinajstić information content (AvgIpc) is 3.01. The van der Waals surface area contributed by atoms with Gasteiger partial charge >= 0.3 is 12.2 Å². The highest BCUT2D eigenvalue weighted by Crippen LogP contribution is 2.35. The van der Waals surface area contributed by atoms with Crippen LogP contribution < -0.4 is 19.1 Å². The first-order valence-corrected chi connectivity index (χ1v) is 13.5. The van der Waals surface area contributed by atoms with E-state index in [9.17, 15) is 13.2 Å². The van der Waals surface area contributed by atoms with Crippen LogP contribution in [-0.2, 0) is 17.3 Å². The number of nitrogens with zero attached hydrogens (tertiary/aromatic N) is 3. The van der Waals surface area contributed by atoms with Gasteiger partial charge in [0.1, 0.15) is 5.82 Å². The minimum atomic E-state index is -4.42. The van der Waals surface area contributed by atoms with E-state index in [0.29, 0.717) is 73.3 Å². The third-order valence-corrected chi connectivity index (χ3v) is 6.56. The summed E-state index contributed by atoms with van der Waals surface area (Å²) in [5.74, 6) is 1.96. The summed E-state index contributed by atoms with van der Waals surface area (Å²) < 4.78 is 62.1. The van der Waals surface area contributed by atoms with Crippen LogP contribution in [0.4, 0.5) is 19.0 Å². The molecular weight excluding hydrogens is 535 g/mol. The van der Waals surface area contributed by atoms with Gasteiger partial charge in [-0.05, 0) is 53.1 Å². The highest BCUT2D eigenvalue weighted by atomic mass is 19.4. The van der Waals surface area contributed by atoms with Gasteiger partial charge in [0, 0.05) is 24.9 Å². The molecule has 2 heterocycles. The van der Waals surface area contributed by atoms with Crippen LogP contribution in [0.2, 0.25) is 0 Å². The van der Waals surface area contributed by atoms with E-state index in [2.05, 4.69) is 9.88 Å². The summed E-state index contributed by atoms with van der Waals surface area (Å²) in [6.07, 6.45) is -3.82. The van der Waals surface area contributed by atoms with Gasteiger partial charge in [0.2, 0.25) is 0 Å². The minimum absolute atomic E-state index is 0.233. The van der Waals surface area contributed by atoms with Crippen molar-refractivity contribution in [2.24, 2.45) is 0 Å². The maximum absolute atomic E-state index is 13.3. The lowest BCUT2D eigenvalue weighted by molar-refractivity contribution is -0.137. The fraction of sp³-hybridized carbons (Fsp3) is 0.355. The molecule has 5 rings (SSSR count). The minimum Gasteiger partial charge on any atom is -0.493 e. The molecule has 0 aliphatic carbocycles. The predicted octanol–water partition coefficient (Wildman–Crippen LogP) is 6.82. The molecule has 0 amide bonds. The lowest BCUT2D eigenvalue weighted by Crippen LogP contribution is -2.37. The molecule has 1 aliphatic rings. The number of morpholine rings is 1. The third kappa shape index (κ3) is 7.18. The molecule has 0 bridgehead atoms. The largest absolute Gasteiger partial charge is 0.493 e. The highest BCUT2D eigenvalue weighted by Gasteiger charge is 2.30. The Morgan fingerprint density at radius 1 is 0.854 bits per heavy atom. The quantitative estimate of drug-likeness (QED) is 0.231. The van der Waals surface area contributed by atoms with E-state index in [0.717, 1.165) is 23.1 Å². The molecule has 41 heavy (non-hydrogen) atoms.